The Morgan fingerprint density at radius 2 is 2.23 bits per heavy atom. The van der Waals surface area contributed by atoms with Gasteiger partial charge >= 0.3 is 0 Å². The number of hydrogen-bond donors (Lipinski definition) is 0. The fourth-order valence-electron chi connectivity index (χ4n) is 0.938. The number of rotatable bonds is 1. The minimum Gasteiger partial charge on any atom is -0.226 e. The molecule has 0 aliphatic rings. The lowest BCUT2D eigenvalue weighted by molar-refractivity contribution is 1.18. The first-order chi connectivity index (χ1) is 6.27. The third kappa shape index (κ3) is 1.90. The summed E-state index contributed by atoms with van der Waals surface area (Å²) in [5, 5.41) is 2.27. The molecule has 0 radical (unpaired) electrons. The molecule has 2 rings (SSSR count). The van der Waals surface area contributed by atoms with Gasteiger partial charge in [0.25, 0.3) is 0 Å². The van der Waals surface area contributed by atoms with E-state index >= 15 is 0 Å². The normalized spacial score (nSPS) is 10.3. The highest BCUT2D eigenvalue weighted by molar-refractivity contribution is 9.10. The molecule has 0 bridgehead atoms. The minimum atomic E-state index is 0.276. The van der Waals surface area contributed by atoms with E-state index in [0.29, 0.717) is 0 Å². The topological polar surface area (TPSA) is 25.8 Å². The summed E-state index contributed by atoms with van der Waals surface area (Å²) < 4.78 is 1.03. The van der Waals surface area contributed by atoms with Crippen LogP contribution in [0, 0.1) is 0 Å². The third-order valence-electron chi connectivity index (χ3n) is 1.48. The highest BCUT2D eigenvalue weighted by Crippen LogP contribution is 2.32. The molecular formula is C8H4BrClN2S. The van der Waals surface area contributed by atoms with Gasteiger partial charge in [0, 0.05) is 10.7 Å². The van der Waals surface area contributed by atoms with Crippen molar-refractivity contribution in [2.45, 2.75) is 0 Å². The Morgan fingerprint density at radius 3 is 2.85 bits per heavy atom. The van der Waals surface area contributed by atoms with Crippen molar-refractivity contribution in [1.82, 2.24) is 9.97 Å². The number of nitrogens with zero attached hydrogens (tertiary/aromatic N) is 2. The molecule has 0 spiro atoms. The van der Waals surface area contributed by atoms with Crippen molar-refractivity contribution in [2.24, 2.45) is 0 Å². The van der Waals surface area contributed by atoms with Crippen molar-refractivity contribution < 1.29 is 0 Å². The number of hydrogen-bond acceptors (Lipinski definition) is 3. The molecule has 0 atom stereocenters. The Morgan fingerprint density at radius 1 is 1.38 bits per heavy atom. The summed E-state index contributed by atoms with van der Waals surface area (Å²) in [4.78, 5) is 9.01. The molecule has 2 aromatic rings. The zero-order chi connectivity index (χ0) is 9.26. The van der Waals surface area contributed by atoms with Crippen molar-refractivity contribution in [3.05, 3.63) is 33.5 Å². The number of thiophene rings is 1. The van der Waals surface area contributed by atoms with E-state index < -0.39 is 0 Å². The van der Waals surface area contributed by atoms with Crippen LogP contribution >= 0.6 is 38.9 Å². The van der Waals surface area contributed by atoms with Gasteiger partial charge in [-0.05, 0) is 45.0 Å². The molecule has 0 amide bonds. The van der Waals surface area contributed by atoms with Crippen LogP contribution in [0.15, 0.2) is 28.2 Å². The molecule has 0 saturated heterocycles. The van der Waals surface area contributed by atoms with Crippen LogP contribution in [0.1, 0.15) is 0 Å². The van der Waals surface area contributed by atoms with Crippen LogP contribution in [0.2, 0.25) is 5.28 Å². The van der Waals surface area contributed by atoms with E-state index in [4.69, 9.17) is 11.6 Å². The zero-order valence-corrected chi connectivity index (χ0v) is 9.53. The maximum absolute atomic E-state index is 5.68. The molecule has 2 nitrogen and oxygen atoms in total. The first-order valence-corrected chi connectivity index (χ1v) is 5.54. The molecule has 13 heavy (non-hydrogen) atoms. The van der Waals surface area contributed by atoms with Crippen molar-refractivity contribution in [1.29, 1.82) is 0 Å². The van der Waals surface area contributed by atoms with Crippen LogP contribution in [0.3, 0.4) is 0 Å². The van der Waals surface area contributed by atoms with E-state index in [0.717, 1.165) is 15.0 Å². The molecule has 0 fully saturated rings. The van der Waals surface area contributed by atoms with Gasteiger partial charge in [0.2, 0.25) is 5.28 Å². The van der Waals surface area contributed by atoms with E-state index in [9.17, 15) is 0 Å². The lowest BCUT2D eigenvalue weighted by Crippen LogP contribution is -1.83. The maximum atomic E-state index is 5.68. The summed E-state index contributed by atoms with van der Waals surface area (Å²) in [6.07, 6.45) is 1.65. The smallest absolute Gasteiger partial charge is 0.222 e. The Labute approximate surface area is 92.7 Å². The van der Waals surface area contributed by atoms with Gasteiger partial charge in [-0.1, -0.05) is 0 Å². The van der Waals surface area contributed by atoms with Crippen molar-refractivity contribution >= 4 is 38.9 Å². The Kier molecular flexibility index (Phi) is 2.62. The second-order valence-corrected chi connectivity index (χ2v) is 4.42. The van der Waals surface area contributed by atoms with E-state index in [1.165, 1.54) is 0 Å². The number of aromatic nitrogens is 2. The second kappa shape index (κ2) is 3.74. The second-order valence-electron chi connectivity index (χ2n) is 2.31. The molecule has 0 unspecified atom stereocenters. The Hall–Kier alpha value is -0.450. The molecule has 2 heterocycles. The third-order valence-corrected chi connectivity index (χ3v) is 3.52. The standard InChI is InChI=1S/C8H4BrClN2S/c9-5-2-4-13-7(5)6-1-3-11-8(10)12-6/h1-4H. The van der Waals surface area contributed by atoms with Gasteiger partial charge in [0.05, 0.1) is 10.6 Å². The average Bonchev–Trinajstić information content (AvgIpc) is 2.51. The van der Waals surface area contributed by atoms with Crippen LogP contribution in [-0.4, -0.2) is 9.97 Å². The predicted octanol–water partition coefficient (Wildman–Crippen LogP) is 3.62. The van der Waals surface area contributed by atoms with Crippen LogP contribution in [-0.2, 0) is 0 Å². The summed E-state index contributed by atoms with van der Waals surface area (Å²) in [6, 6.07) is 3.82. The van der Waals surface area contributed by atoms with Gasteiger partial charge in [-0.25, -0.2) is 9.97 Å². The lowest BCUT2D eigenvalue weighted by atomic mass is 10.3. The lowest BCUT2D eigenvalue weighted by Gasteiger charge is -1.96. The highest BCUT2D eigenvalue weighted by Gasteiger charge is 2.05. The molecule has 0 aromatic carbocycles. The van der Waals surface area contributed by atoms with E-state index in [1.807, 2.05) is 17.5 Å². The van der Waals surface area contributed by atoms with Gasteiger partial charge in [0.15, 0.2) is 0 Å². The van der Waals surface area contributed by atoms with Gasteiger partial charge in [0.1, 0.15) is 0 Å². The molecule has 2 aromatic heterocycles. The molecule has 66 valence electrons. The van der Waals surface area contributed by atoms with E-state index in [1.54, 1.807) is 17.5 Å². The largest absolute Gasteiger partial charge is 0.226 e. The van der Waals surface area contributed by atoms with Gasteiger partial charge in [-0.2, -0.15) is 0 Å². The first kappa shape index (κ1) is 9.12. The summed E-state index contributed by atoms with van der Waals surface area (Å²) in [7, 11) is 0. The van der Waals surface area contributed by atoms with E-state index in [2.05, 4.69) is 25.9 Å². The summed E-state index contributed by atoms with van der Waals surface area (Å²) in [5.41, 5.74) is 0.849. The predicted molar refractivity (Wildman–Crippen MR) is 58.1 cm³/mol. The molecule has 0 aliphatic carbocycles. The molecule has 0 aliphatic heterocycles. The Bertz CT molecular complexity index is 430. The highest BCUT2D eigenvalue weighted by atomic mass is 79.9. The molecular weight excluding hydrogens is 272 g/mol. The van der Waals surface area contributed by atoms with Crippen LogP contribution < -0.4 is 0 Å². The van der Waals surface area contributed by atoms with Crippen LogP contribution in [0.25, 0.3) is 10.6 Å². The monoisotopic (exact) mass is 274 g/mol. The Balaban J connectivity index is 2.53. The summed E-state index contributed by atoms with van der Waals surface area (Å²) in [6.45, 7) is 0. The summed E-state index contributed by atoms with van der Waals surface area (Å²) >= 11 is 10.7. The first-order valence-electron chi connectivity index (χ1n) is 3.49. The van der Waals surface area contributed by atoms with Crippen molar-refractivity contribution in [3.8, 4) is 10.6 Å². The average molecular weight is 276 g/mol. The van der Waals surface area contributed by atoms with Crippen LogP contribution in [0.4, 0.5) is 0 Å². The summed E-state index contributed by atoms with van der Waals surface area (Å²) in [5.74, 6) is 0. The number of halogens is 2. The maximum Gasteiger partial charge on any atom is 0.222 e. The van der Waals surface area contributed by atoms with Crippen LogP contribution in [0.5, 0.6) is 0 Å². The molecule has 0 saturated carbocycles. The molecule has 5 heteroatoms. The SMILES string of the molecule is Clc1nccc(-c2sccc2Br)n1. The van der Waals surface area contributed by atoms with E-state index in [-0.39, 0.29) is 5.28 Å². The van der Waals surface area contributed by atoms with Gasteiger partial charge in [-0.15, -0.1) is 11.3 Å². The fourth-order valence-corrected chi connectivity index (χ4v) is 2.63. The van der Waals surface area contributed by atoms with Crippen molar-refractivity contribution in [3.63, 3.8) is 0 Å². The van der Waals surface area contributed by atoms with Gasteiger partial charge in [-0.3, -0.25) is 0 Å². The molecule has 0 N–H and O–H groups in total. The minimum absolute atomic E-state index is 0.276. The zero-order valence-electron chi connectivity index (χ0n) is 6.37. The van der Waals surface area contributed by atoms with Gasteiger partial charge < -0.3 is 0 Å². The quantitative estimate of drug-likeness (QED) is 0.743. The fraction of sp³-hybridized carbons (Fsp3) is 0. The van der Waals surface area contributed by atoms with Crippen molar-refractivity contribution in [2.75, 3.05) is 0 Å².